The zero-order valence-corrected chi connectivity index (χ0v) is 17.2. The van der Waals surface area contributed by atoms with Crippen molar-refractivity contribution in [3.63, 3.8) is 0 Å². The Morgan fingerprint density at radius 3 is 2.48 bits per heavy atom. The lowest BCUT2D eigenvalue weighted by Crippen LogP contribution is -2.33. The summed E-state index contributed by atoms with van der Waals surface area (Å²) in [4.78, 5) is 45.3. The van der Waals surface area contributed by atoms with E-state index in [0.717, 1.165) is 17.3 Å². The lowest BCUT2D eigenvalue weighted by Gasteiger charge is -2.11. The third-order valence-corrected chi connectivity index (χ3v) is 5.53. The monoisotopic (exact) mass is 445 g/mol. The van der Waals surface area contributed by atoms with Crippen LogP contribution in [-0.4, -0.2) is 40.4 Å². The first-order valence-electron chi connectivity index (χ1n) is 9.16. The van der Waals surface area contributed by atoms with E-state index < -0.39 is 22.2 Å². The number of nitrogens with one attached hydrogen (secondary N) is 1. The summed E-state index contributed by atoms with van der Waals surface area (Å²) in [5.41, 5.74) is 6.61. The van der Waals surface area contributed by atoms with Gasteiger partial charge in [-0.05, 0) is 36.2 Å². The van der Waals surface area contributed by atoms with Crippen LogP contribution in [0.5, 0.6) is 11.5 Å². The summed E-state index contributed by atoms with van der Waals surface area (Å²) in [7, 11) is 1.19. The van der Waals surface area contributed by atoms with Crippen molar-refractivity contribution in [2.45, 2.75) is 24.1 Å². The summed E-state index contributed by atoms with van der Waals surface area (Å²) in [5, 5.41) is 12.9. The van der Waals surface area contributed by atoms with E-state index in [0.29, 0.717) is 12.2 Å². The largest absolute Gasteiger partial charge is 0.468 e. The number of amides is 2. The van der Waals surface area contributed by atoms with E-state index >= 15 is 0 Å². The van der Waals surface area contributed by atoms with Crippen LogP contribution in [0.1, 0.15) is 11.1 Å². The van der Waals surface area contributed by atoms with Crippen molar-refractivity contribution in [1.82, 2.24) is 5.32 Å². The van der Waals surface area contributed by atoms with E-state index in [1.54, 1.807) is 30.3 Å². The van der Waals surface area contributed by atoms with Crippen molar-refractivity contribution in [2.24, 2.45) is 5.73 Å². The summed E-state index contributed by atoms with van der Waals surface area (Å²) in [5.74, 6) is -0.287. The Labute approximate surface area is 181 Å². The molecule has 1 aliphatic heterocycles. The number of nitro benzene ring substituents is 1. The summed E-state index contributed by atoms with van der Waals surface area (Å²) >= 11 is 0.956. The predicted molar refractivity (Wildman–Crippen MR) is 112 cm³/mol. The average molecular weight is 445 g/mol. The number of hydrogen-bond acceptors (Lipinski definition) is 9. The molecule has 0 spiro atoms. The second kappa shape index (κ2) is 9.58. The molecule has 0 radical (unpaired) electrons. The molecule has 2 unspecified atom stereocenters. The molecular weight excluding hydrogens is 426 g/mol. The second-order valence-corrected chi connectivity index (χ2v) is 7.89. The molecule has 31 heavy (non-hydrogen) atoms. The molecule has 1 saturated heterocycles. The molecule has 2 aromatic rings. The number of nitrogens with zero attached hydrogens (tertiary/aromatic N) is 1. The molecule has 0 aromatic heterocycles. The quantitative estimate of drug-likeness (QED) is 0.354. The molecule has 3 N–H and O–H groups in total. The van der Waals surface area contributed by atoms with E-state index in [9.17, 15) is 24.5 Å². The van der Waals surface area contributed by atoms with Gasteiger partial charge in [0.2, 0.25) is 5.91 Å². The number of rotatable bonds is 8. The van der Waals surface area contributed by atoms with Crippen molar-refractivity contribution in [2.75, 3.05) is 7.11 Å². The Hall–Kier alpha value is -3.44. The van der Waals surface area contributed by atoms with Gasteiger partial charge in [-0.1, -0.05) is 23.9 Å². The SMILES string of the molecule is COC(=O)C(N)Cc1ccc(Oc2ccc(CC3SC(=O)NC3=O)cc2)cc1[N+](=O)[O-]. The van der Waals surface area contributed by atoms with E-state index in [-0.39, 0.29) is 34.6 Å². The minimum absolute atomic E-state index is 0.0484. The normalized spacial score (nSPS) is 16.5. The Kier molecular flexibility index (Phi) is 6.88. The zero-order chi connectivity index (χ0) is 22.5. The van der Waals surface area contributed by atoms with Crippen LogP contribution in [0.4, 0.5) is 10.5 Å². The van der Waals surface area contributed by atoms with Crippen LogP contribution in [0.3, 0.4) is 0 Å². The third kappa shape index (κ3) is 5.58. The van der Waals surface area contributed by atoms with Crippen LogP contribution >= 0.6 is 11.8 Å². The van der Waals surface area contributed by atoms with E-state index in [1.807, 2.05) is 0 Å². The van der Waals surface area contributed by atoms with E-state index in [2.05, 4.69) is 10.1 Å². The Bertz CT molecular complexity index is 1030. The highest BCUT2D eigenvalue weighted by Gasteiger charge is 2.31. The topological polar surface area (TPSA) is 151 Å². The highest BCUT2D eigenvalue weighted by atomic mass is 32.2. The van der Waals surface area contributed by atoms with Crippen molar-refractivity contribution in [3.05, 3.63) is 63.7 Å². The van der Waals surface area contributed by atoms with Crippen LogP contribution in [-0.2, 0) is 27.2 Å². The first-order valence-corrected chi connectivity index (χ1v) is 10.0. The van der Waals surface area contributed by atoms with Gasteiger partial charge in [0.05, 0.1) is 23.3 Å². The molecule has 2 atom stereocenters. The van der Waals surface area contributed by atoms with E-state index in [1.165, 1.54) is 19.2 Å². The number of hydrogen-bond donors (Lipinski definition) is 2. The van der Waals surface area contributed by atoms with Gasteiger partial charge >= 0.3 is 5.97 Å². The van der Waals surface area contributed by atoms with Crippen molar-refractivity contribution in [3.8, 4) is 11.5 Å². The maximum absolute atomic E-state index is 11.7. The summed E-state index contributed by atoms with van der Waals surface area (Å²) in [6.45, 7) is 0. The average Bonchev–Trinajstić information content (AvgIpc) is 3.06. The van der Waals surface area contributed by atoms with Crippen LogP contribution in [0.2, 0.25) is 0 Å². The Morgan fingerprint density at radius 2 is 1.90 bits per heavy atom. The third-order valence-electron chi connectivity index (χ3n) is 4.54. The minimum Gasteiger partial charge on any atom is -0.468 e. The number of ether oxygens (including phenoxy) is 2. The van der Waals surface area contributed by atoms with Crippen molar-refractivity contribution >= 4 is 34.6 Å². The van der Waals surface area contributed by atoms with Crippen LogP contribution in [0, 0.1) is 10.1 Å². The Balaban J connectivity index is 1.70. The van der Waals surface area contributed by atoms with Crippen molar-refractivity contribution in [1.29, 1.82) is 0 Å². The number of methoxy groups -OCH3 is 1. The van der Waals surface area contributed by atoms with Gasteiger partial charge in [0.15, 0.2) is 0 Å². The summed E-state index contributed by atoms with van der Waals surface area (Å²) < 4.78 is 10.2. The molecule has 0 aliphatic carbocycles. The van der Waals surface area contributed by atoms with Gasteiger partial charge in [0.25, 0.3) is 10.9 Å². The highest BCUT2D eigenvalue weighted by molar-refractivity contribution is 8.15. The van der Waals surface area contributed by atoms with Crippen LogP contribution < -0.4 is 15.8 Å². The zero-order valence-electron chi connectivity index (χ0n) is 16.4. The van der Waals surface area contributed by atoms with Gasteiger partial charge in [-0.3, -0.25) is 29.8 Å². The molecule has 0 saturated carbocycles. The molecule has 10 nitrogen and oxygen atoms in total. The Morgan fingerprint density at radius 1 is 1.23 bits per heavy atom. The summed E-state index contributed by atoms with van der Waals surface area (Å²) in [6.07, 6.45) is 0.344. The fraction of sp³-hybridized carbons (Fsp3) is 0.250. The number of benzene rings is 2. The number of nitrogens with two attached hydrogens (primary N) is 1. The number of imide groups is 1. The van der Waals surface area contributed by atoms with E-state index in [4.69, 9.17) is 10.5 Å². The predicted octanol–water partition coefficient (Wildman–Crippen LogP) is 2.32. The molecule has 11 heteroatoms. The van der Waals surface area contributed by atoms with Crippen LogP contribution in [0.15, 0.2) is 42.5 Å². The maximum atomic E-state index is 11.7. The van der Waals surface area contributed by atoms with Crippen molar-refractivity contribution < 1.29 is 28.8 Å². The minimum atomic E-state index is -1.02. The lowest BCUT2D eigenvalue weighted by molar-refractivity contribution is -0.385. The molecular formula is C20H19N3O7S. The maximum Gasteiger partial charge on any atom is 0.322 e. The fourth-order valence-electron chi connectivity index (χ4n) is 2.99. The van der Waals surface area contributed by atoms with Crippen LogP contribution in [0.25, 0.3) is 0 Å². The standard InChI is InChI=1S/C20H19N3O7S/c1-29-19(25)15(21)9-12-4-7-14(10-16(12)23(27)28)30-13-5-2-11(3-6-13)8-17-18(24)22-20(26)31-17/h2-7,10,15,17H,8-9,21H2,1H3,(H,22,24,26). The molecule has 1 fully saturated rings. The number of thioether (sulfide) groups is 1. The fourth-order valence-corrected chi connectivity index (χ4v) is 3.85. The smallest absolute Gasteiger partial charge is 0.322 e. The molecule has 1 aliphatic rings. The first-order chi connectivity index (χ1) is 14.8. The lowest BCUT2D eigenvalue weighted by atomic mass is 10.0. The molecule has 1 heterocycles. The molecule has 2 amide bonds. The second-order valence-electron chi connectivity index (χ2n) is 6.71. The molecule has 0 bridgehead atoms. The molecule has 3 rings (SSSR count). The summed E-state index contributed by atoms with van der Waals surface area (Å²) in [6, 6.07) is 10.1. The first kappa shape index (κ1) is 22.2. The number of carbonyl (C=O) groups excluding carboxylic acids is 3. The van der Waals surface area contributed by atoms with Gasteiger partial charge in [-0.2, -0.15) is 0 Å². The van der Waals surface area contributed by atoms with Gasteiger partial charge in [-0.15, -0.1) is 0 Å². The number of nitro groups is 1. The van der Waals surface area contributed by atoms with Gasteiger partial charge in [-0.25, -0.2) is 0 Å². The molecule has 2 aromatic carbocycles. The van der Waals surface area contributed by atoms with Gasteiger partial charge in [0, 0.05) is 12.0 Å². The highest BCUT2D eigenvalue weighted by Crippen LogP contribution is 2.30. The van der Waals surface area contributed by atoms with Gasteiger partial charge in [0.1, 0.15) is 17.5 Å². The molecule has 162 valence electrons. The number of carbonyl (C=O) groups is 3. The number of esters is 1. The van der Waals surface area contributed by atoms with Gasteiger partial charge < -0.3 is 15.2 Å².